The fourth-order valence-electron chi connectivity index (χ4n) is 3.36. The molecule has 0 radical (unpaired) electrons. The molecule has 2 aliphatic rings. The smallest absolute Gasteiger partial charge is 0.257 e. The molecule has 0 atom stereocenters. The lowest BCUT2D eigenvalue weighted by Gasteiger charge is -2.39. The van der Waals surface area contributed by atoms with Crippen molar-refractivity contribution in [2.75, 3.05) is 13.1 Å². The van der Waals surface area contributed by atoms with Gasteiger partial charge in [-0.25, -0.2) is 0 Å². The number of H-pyrrole nitrogens is 1. The monoisotopic (exact) mass is 233 g/mol. The van der Waals surface area contributed by atoms with Crippen LogP contribution in [-0.4, -0.2) is 34.1 Å². The molecule has 1 amide bonds. The predicted molar refractivity (Wildman–Crippen MR) is 64.6 cm³/mol. The molecule has 92 valence electrons. The Kier molecular flexibility index (Phi) is 2.65. The second-order valence-corrected chi connectivity index (χ2v) is 5.49. The highest BCUT2D eigenvalue weighted by molar-refractivity contribution is 5.93. The normalized spacial score (nSPS) is 23.2. The molecule has 2 fully saturated rings. The van der Waals surface area contributed by atoms with Crippen LogP contribution in [0, 0.1) is 5.41 Å². The highest BCUT2D eigenvalue weighted by atomic mass is 16.2. The van der Waals surface area contributed by atoms with Crippen LogP contribution < -0.4 is 0 Å². The fraction of sp³-hybridized carbons (Fsp3) is 0.692. The molecule has 4 heteroatoms. The first-order chi connectivity index (χ1) is 8.29. The number of aromatic nitrogens is 2. The van der Waals surface area contributed by atoms with Crippen LogP contribution in [0.4, 0.5) is 0 Å². The Morgan fingerprint density at radius 2 is 1.94 bits per heavy atom. The van der Waals surface area contributed by atoms with E-state index in [1.165, 1.54) is 38.5 Å². The molecule has 4 nitrogen and oxygen atoms in total. The molecular weight excluding hydrogens is 214 g/mol. The van der Waals surface area contributed by atoms with Gasteiger partial charge in [-0.1, -0.05) is 12.8 Å². The van der Waals surface area contributed by atoms with Crippen LogP contribution in [0.5, 0.6) is 0 Å². The van der Waals surface area contributed by atoms with Gasteiger partial charge in [-0.05, 0) is 31.1 Å². The minimum Gasteiger partial charge on any atom is -0.339 e. The summed E-state index contributed by atoms with van der Waals surface area (Å²) < 4.78 is 0. The second-order valence-electron chi connectivity index (χ2n) is 5.49. The summed E-state index contributed by atoms with van der Waals surface area (Å²) in [5.41, 5.74) is 1.26. The number of aromatic amines is 1. The van der Waals surface area contributed by atoms with Gasteiger partial charge in [-0.3, -0.25) is 9.89 Å². The molecule has 0 unspecified atom stereocenters. The first kappa shape index (κ1) is 10.8. The van der Waals surface area contributed by atoms with Crippen LogP contribution in [0.25, 0.3) is 0 Å². The number of carbonyl (C=O) groups excluding carboxylic acids is 1. The standard InChI is InChI=1S/C13H19N3O/c17-12(11-9-14-15-10-11)16-7-5-13(6-8-16)3-1-2-4-13/h9-10H,1-8H2,(H,14,15). The van der Waals surface area contributed by atoms with Gasteiger partial charge in [0.2, 0.25) is 0 Å². The Morgan fingerprint density at radius 1 is 1.24 bits per heavy atom. The maximum atomic E-state index is 12.1. The van der Waals surface area contributed by atoms with Crippen molar-refractivity contribution in [2.45, 2.75) is 38.5 Å². The van der Waals surface area contributed by atoms with Crippen LogP contribution >= 0.6 is 0 Å². The number of hydrogen-bond donors (Lipinski definition) is 1. The summed E-state index contributed by atoms with van der Waals surface area (Å²) in [6.45, 7) is 1.84. The average Bonchev–Trinajstić information content (AvgIpc) is 3.01. The van der Waals surface area contributed by atoms with E-state index in [2.05, 4.69) is 10.2 Å². The topological polar surface area (TPSA) is 49.0 Å². The SMILES string of the molecule is O=C(c1cn[nH]c1)N1CCC2(CCCC2)CC1. The van der Waals surface area contributed by atoms with Gasteiger partial charge in [-0.2, -0.15) is 5.10 Å². The van der Waals surface area contributed by atoms with E-state index in [4.69, 9.17) is 0 Å². The first-order valence-corrected chi connectivity index (χ1v) is 6.57. The number of nitrogens with one attached hydrogen (secondary N) is 1. The van der Waals surface area contributed by atoms with E-state index in [1.807, 2.05) is 4.90 Å². The van der Waals surface area contributed by atoms with Crippen molar-refractivity contribution in [3.63, 3.8) is 0 Å². The van der Waals surface area contributed by atoms with E-state index in [0.717, 1.165) is 13.1 Å². The molecule has 1 saturated heterocycles. The highest BCUT2D eigenvalue weighted by Crippen LogP contribution is 2.46. The molecule has 0 bridgehead atoms. The molecular formula is C13H19N3O. The van der Waals surface area contributed by atoms with Gasteiger partial charge in [0, 0.05) is 19.3 Å². The van der Waals surface area contributed by atoms with E-state index in [0.29, 0.717) is 11.0 Å². The molecule has 1 aromatic heterocycles. The van der Waals surface area contributed by atoms with Crippen LogP contribution in [0.1, 0.15) is 48.9 Å². The van der Waals surface area contributed by atoms with Crippen molar-refractivity contribution in [3.8, 4) is 0 Å². The average molecular weight is 233 g/mol. The van der Waals surface area contributed by atoms with Gasteiger partial charge in [0.1, 0.15) is 0 Å². The quantitative estimate of drug-likeness (QED) is 0.808. The van der Waals surface area contributed by atoms with Crippen LogP contribution in [-0.2, 0) is 0 Å². The zero-order valence-electron chi connectivity index (χ0n) is 10.1. The lowest BCUT2D eigenvalue weighted by Crippen LogP contribution is -2.42. The first-order valence-electron chi connectivity index (χ1n) is 6.57. The molecule has 1 aliphatic heterocycles. The van der Waals surface area contributed by atoms with Crippen LogP contribution in [0.15, 0.2) is 12.4 Å². The summed E-state index contributed by atoms with van der Waals surface area (Å²) in [6, 6.07) is 0. The molecule has 17 heavy (non-hydrogen) atoms. The number of likely N-dealkylation sites (tertiary alicyclic amines) is 1. The largest absolute Gasteiger partial charge is 0.339 e. The zero-order valence-corrected chi connectivity index (χ0v) is 10.1. The maximum Gasteiger partial charge on any atom is 0.257 e. The van der Waals surface area contributed by atoms with Crippen molar-refractivity contribution >= 4 is 5.91 Å². The van der Waals surface area contributed by atoms with E-state index >= 15 is 0 Å². The van der Waals surface area contributed by atoms with Crippen molar-refractivity contribution in [2.24, 2.45) is 5.41 Å². The Hall–Kier alpha value is -1.32. The van der Waals surface area contributed by atoms with Gasteiger partial charge < -0.3 is 4.90 Å². The van der Waals surface area contributed by atoms with Gasteiger partial charge in [0.15, 0.2) is 0 Å². The van der Waals surface area contributed by atoms with Gasteiger partial charge in [0.25, 0.3) is 5.91 Å². The Bertz CT molecular complexity index is 383. The van der Waals surface area contributed by atoms with Gasteiger partial charge in [0.05, 0.1) is 11.8 Å². The van der Waals surface area contributed by atoms with Crippen molar-refractivity contribution in [1.82, 2.24) is 15.1 Å². The molecule has 0 aromatic carbocycles. The van der Waals surface area contributed by atoms with Crippen molar-refractivity contribution in [3.05, 3.63) is 18.0 Å². The number of piperidine rings is 1. The third-order valence-electron chi connectivity index (χ3n) is 4.52. The Labute approximate surface area is 101 Å². The highest BCUT2D eigenvalue weighted by Gasteiger charge is 2.38. The third-order valence-corrected chi connectivity index (χ3v) is 4.52. The summed E-state index contributed by atoms with van der Waals surface area (Å²) in [7, 11) is 0. The Morgan fingerprint density at radius 3 is 2.53 bits per heavy atom. The van der Waals surface area contributed by atoms with Crippen LogP contribution in [0.2, 0.25) is 0 Å². The number of hydrogen-bond acceptors (Lipinski definition) is 2. The summed E-state index contributed by atoms with van der Waals surface area (Å²) in [5.74, 6) is 0.131. The Balaban J connectivity index is 1.63. The number of nitrogens with zero attached hydrogens (tertiary/aromatic N) is 2. The van der Waals surface area contributed by atoms with Crippen molar-refractivity contribution in [1.29, 1.82) is 0 Å². The predicted octanol–water partition coefficient (Wildman–Crippen LogP) is 2.21. The summed E-state index contributed by atoms with van der Waals surface area (Å²) >= 11 is 0. The second kappa shape index (κ2) is 4.17. The van der Waals surface area contributed by atoms with E-state index in [1.54, 1.807) is 12.4 Å². The van der Waals surface area contributed by atoms with Crippen LogP contribution in [0.3, 0.4) is 0 Å². The summed E-state index contributed by atoms with van der Waals surface area (Å²) in [4.78, 5) is 14.1. The van der Waals surface area contributed by atoms with Gasteiger partial charge in [-0.15, -0.1) is 0 Å². The summed E-state index contributed by atoms with van der Waals surface area (Å²) in [6.07, 6.45) is 11.2. The molecule has 1 aromatic rings. The fourth-order valence-corrected chi connectivity index (χ4v) is 3.36. The number of carbonyl (C=O) groups is 1. The summed E-state index contributed by atoms with van der Waals surface area (Å²) in [5, 5.41) is 6.54. The maximum absolute atomic E-state index is 12.1. The van der Waals surface area contributed by atoms with Gasteiger partial charge >= 0.3 is 0 Å². The lowest BCUT2D eigenvalue weighted by atomic mass is 9.77. The minimum atomic E-state index is 0.131. The molecule has 2 heterocycles. The van der Waals surface area contributed by atoms with E-state index in [9.17, 15) is 4.79 Å². The lowest BCUT2D eigenvalue weighted by molar-refractivity contribution is 0.0587. The number of amides is 1. The molecule has 1 N–H and O–H groups in total. The van der Waals surface area contributed by atoms with E-state index < -0.39 is 0 Å². The van der Waals surface area contributed by atoms with Crippen molar-refractivity contribution < 1.29 is 4.79 Å². The zero-order chi connectivity index (χ0) is 11.7. The number of rotatable bonds is 1. The van der Waals surface area contributed by atoms with E-state index in [-0.39, 0.29) is 5.91 Å². The minimum absolute atomic E-state index is 0.131. The third kappa shape index (κ3) is 1.96. The molecule has 1 saturated carbocycles. The molecule has 3 rings (SSSR count). The molecule has 1 spiro atoms. The molecule has 1 aliphatic carbocycles.